The van der Waals surface area contributed by atoms with Crippen molar-refractivity contribution in [3.63, 3.8) is 0 Å². The molecule has 1 heterocycles. The van der Waals surface area contributed by atoms with Crippen molar-refractivity contribution in [3.05, 3.63) is 0 Å². The average molecular weight is 146 g/mol. The van der Waals surface area contributed by atoms with Crippen molar-refractivity contribution in [2.75, 3.05) is 6.54 Å². The van der Waals surface area contributed by atoms with Gasteiger partial charge in [-0.15, -0.1) is 0 Å². The van der Waals surface area contributed by atoms with Crippen molar-refractivity contribution in [1.29, 1.82) is 0 Å². The van der Waals surface area contributed by atoms with Crippen LogP contribution in [-0.4, -0.2) is 22.4 Å². The van der Waals surface area contributed by atoms with Crippen LogP contribution in [0.3, 0.4) is 0 Å². The van der Waals surface area contributed by atoms with E-state index in [0.29, 0.717) is 6.54 Å². The van der Waals surface area contributed by atoms with Gasteiger partial charge in [0, 0.05) is 6.54 Å². The van der Waals surface area contributed by atoms with Gasteiger partial charge in [0.05, 0.1) is 0 Å². The fourth-order valence-corrected chi connectivity index (χ4v) is 1.52. The van der Waals surface area contributed by atoms with Gasteiger partial charge in [-0.1, -0.05) is 0 Å². The molecule has 1 aliphatic heterocycles. The summed E-state index contributed by atoms with van der Waals surface area (Å²) >= 11 is 0. The minimum Gasteiger partial charge on any atom is -0.361 e. The van der Waals surface area contributed by atoms with Crippen LogP contribution in [0.2, 0.25) is 0 Å². The Kier molecular flexibility index (Phi) is 1.52. The fourth-order valence-electron chi connectivity index (χ4n) is 0.535. The number of rotatable bonds is 0. The second-order valence-electron chi connectivity index (χ2n) is 1.49. The minimum absolute atomic E-state index is 0.262. The summed E-state index contributed by atoms with van der Waals surface area (Å²) in [4.78, 5) is 20.9. The summed E-state index contributed by atoms with van der Waals surface area (Å²) in [6.07, 6.45) is 0. The molecule has 0 spiro atoms. The predicted octanol–water partition coefficient (Wildman–Crippen LogP) is -0.141. The molecular weight excluding hydrogens is 140 g/mol. The zero-order valence-corrected chi connectivity index (χ0v) is 5.40. The summed E-state index contributed by atoms with van der Waals surface area (Å²) in [5.41, 5.74) is 4.87. The molecule has 0 aromatic rings. The third-order valence-electron chi connectivity index (χ3n) is 0.913. The molecule has 3 N–H and O–H groups in total. The van der Waals surface area contributed by atoms with Crippen molar-refractivity contribution in [1.82, 2.24) is 5.32 Å². The zero-order chi connectivity index (χ0) is 6.85. The number of nitrogens with one attached hydrogen (secondary N) is 1. The molecule has 9 heavy (non-hydrogen) atoms. The predicted molar refractivity (Wildman–Crippen MR) is 36.6 cm³/mol. The monoisotopic (exact) mass is 146 g/mol. The Balaban J connectivity index is 2.80. The lowest BCUT2D eigenvalue weighted by Crippen LogP contribution is -2.16. The Bertz CT molecular complexity index is 199. The molecule has 1 unspecified atom stereocenters. The Hall–Kier alpha value is -0.840. The number of carbonyl (C=O) groups is 2. The first kappa shape index (κ1) is 6.28. The highest BCUT2D eigenvalue weighted by Gasteiger charge is 2.16. The third kappa shape index (κ3) is 1.10. The van der Waals surface area contributed by atoms with Crippen LogP contribution in [0.4, 0.5) is 9.59 Å². The second kappa shape index (κ2) is 2.18. The summed E-state index contributed by atoms with van der Waals surface area (Å²) < 4.78 is 0. The van der Waals surface area contributed by atoms with Crippen LogP contribution in [0.5, 0.6) is 0 Å². The van der Waals surface area contributed by atoms with Crippen molar-refractivity contribution < 1.29 is 9.59 Å². The van der Waals surface area contributed by atoms with E-state index in [1.807, 2.05) is 0 Å². The van der Waals surface area contributed by atoms with E-state index in [1.165, 1.54) is 0 Å². The molecule has 0 aromatic heterocycles. The molecule has 0 fully saturated rings. The van der Waals surface area contributed by atoms with E-state index < -0.39 is 15.7 Å². The molecule has 50 valence electrons. The number of hydrogen-bond acceptors (Lipinski definition) is 2. The van der Waals surface area contributed by atoms with Gasteiger partial charge in [0.1, 0.15) is 0 Å². The summed E-state index contributed by atoms with van der Waals surface area (Å²) in [5, 5.41) is 3.24. The van der Waals surface area contributed by atoms with Gasteiger partial charge in [0.15, 0.2) is 0 Å². The highest BCUT2D eigenvalue weighted by molar-refractivity contribution is 8.39. The Morgan fingerprint density at radius 1 is 1.89 bits per heavy atom. The van der Waals surface area contributed by atoms with Gasteiger partial charge in [-0.2, -0.15) is 0 Å². The Morgan fingerprint density at radius 3 is 2.78 bits per heavy atom. The van der Waals surface area contributed by atoms with Crippen LogP contribution in [0.15, 0.2) is 0 Å². The molecule has 1 rings (SSSR count). The van der Waals surface area contributed by atoms with Gasteiger partial charge in [0.2, 0.25) is 0 Å². The summed E-state index contributed by atoms with van der Waals surface area (Å²) in [6.45, 7) is 0.463. The Labute approximate surface area is 54.3 Å². The van der Waals surface area contributed by atoms with E-state index in [-0.39, 0.29) is 5.24 Å². The van der Waals surface area contributed by atoms with E-state index in [9.17, 15) is 9.59 Å². The summed E-state index contributed by atoms with van der Waals surface area (Å²) in [5.74, 6) is 0. The van der Waals surface area contributed by atoms with Crippen molar-refractivity contribution in [2.45, 2.75) is 0 Å². The number of amides is 2. The molecule has 1 atom stereocenters. The maximum absolute atomic E-state index is 10.6. The first-order chi connectivity index (χ1) is 4.22. The molecule has 4 nitrogen and oxygen atoms in total. The molecular formula is C4H6N2O2S. The smallest absolute Gasteiger partial charge is 0.282 e. The molecule has 0 saturated heterocycles. The summed E-state index contributed by atoms with van der Waals surface area (Å²) in [7, 11) is -0.960. The normalized spacial score (nSPS) is 24.9. The van der Waals surface area contributed by atoms with Crippen molar-refractivity contribution in [3.8, 4) is 0 Å². The Morgan fingerprint density at radius 2 is 2.56 bits per heavy atom. The molecule has 5 heteroatoms. The lowest BCUT2D eigenvalue weighted by Gasteiger charge is -1.91. The fraction of sp³-hybridized carbons (Fsp3) is 0.250. The highest BCUT2D eigenvalue weighted by Crippen LogP contribution is 2.14. The first-order valence-corrected chi connectivity index (χ1v) is 3.64. The molecule has 0 saturated carbocycles. The molecule has 0 bridgehead atoms. The van der Waals surface area contributed by atoms with Gasteiger partial charge in [-0.25, -0.2) is 0 Å². The second-order valence-corrected chi connectivity index (χ2v) is 3.27. The van der Waals surface area contributed by atoms with Gasteiger partial charge in [-0.3, -0.25) is 9.59 Å². The van der Waals surface area contributed by atoms with Gasteiger partial charge >= 0.3 is 0 Å². The topological polar surface area (TPSA) is 72.2 Å². The van der Waals surface area contributed by atoms with Gasteiger partial charge in [0.25, 0.3) is 10.5 Å². The number of carbonyl (C=O) groups excluding carboxylic acids is 2. The largest absolute Gasteiger partial charge is 0.361 e. The van der Waals surface area contributed by atoms with E-state index in [0.717, 1.165) is 0 Å². The van der Waals surface area contributed by atoms with Crippen LogP contribution in [0.1, 0.15) is 0 Å². The molecule has 0 radical (unpaired) electrons. The lowest BCUT2D eigenvalue weighted by molar-refractivity contribution is 0.261. The van der Waals surface area contributed by atoms with Crippen LogP contribution < -0.4 is 11.1 Å². The highest BCUT2D eigenvalue weighted by atomic mass is 32.2. The van der Waals surface area contributed by atoms with E-state index in [4.69, 9.17) is 5.73 Å². The van der Waals surface area contributed by atoms with Gasteiger partial charge in [-0.05, 0) is 15.9 Å². The van der Waals surface area contributed by atoms with E-state index >= 15 is 0 Å². The van der Waals surface area contributed by atoms with Gasteiger partial charge < -0.3 is 11.1 Å². The molecule has 1 aliphatic rings. The van der Waals surface area contributed by atoms with Crippen LogP contribution in [0.25, 0.3) is 0 Å². The lowest BCUT2D eigenvalue weighted by atomic mass is 10.8. The third-order valence-corrected chi connectivity index (χ3v) is 2.39. The SMILES string of the molecule is NC(=O)S1=CCNC1=O. The summed E-state index contributed by atoms with van der Waals surface area (Å²) in [6, 6.07) is 0. The van der Waals surface area contributed by atoms with Crippen LogP contribution in [-0.2, 0) is 0 Å². The minimum atomic E-state index is -0.960. The van der Waals surface area contributed by atoms with Crippen LogP contribution >= 0.6 is 10.5 Å². The maximum Gasteiger partial charge on any atom is 0.282 e. The molecule has 0 aromatic carbocycles. The number of nitrogens with two attached hydrogens (primary N) is 1. The molecule has 0 aliphatic carbocycles. The standard InChI is InChI=1S/C4H6N2O2S/c5-3(7)9-2-1-6-4(9)8/h2H,1H2,(H2,5,7)(H,6,8). The first-order valence-electron chi connectivity index (χ1n) is 2.35. The number of primary amides is 1. The van der Waals surface area contributed by atoms with Crippen molar-refractivity contribution in [2.24, 2.45) is 5.73 Å². The van der Waals surface area contributed by atoms with E-state index in [2.05, 4.69) is 5.32 Å². The maximum atomic E-state index is 10.6. The quantitative estimate of drug-likeness (QED) is 0.467. The number of hydrogen-bond donors (Lipinski definition) is 2. The van der Waals surface area contributed by atoms with E-state index in [1.54, 1.807) is 5.37 Å². The molecule has 2 amide bonds. The van der Waals surface area contributed by atoms with Crippen LogP contribution in [0, 0.1) is 0 Å². The zero-order valence-electron chi connectivity index (χ0n) is 4.59. The average Bonchev–Trinajstić information content (AvgIpc) is 2.13. The van der Waals surface area contributed by atoms with Crippen molar-refractivity contribution >= 4 is 26.3 Å².